The maximum absolute atomic E-state index is 10.9. The summed E-state index contributed by atoms with van der Waals surface area (Å²) in [5.41, 5.74) is 1.92. The molecule has 0 fully saturated rings. The second-order valence-corrected chi connectivity index (χ2v) is 3.24. The molecule has 0 bridgehead atoms. The van der Waals surface area contributed by atoms with Crippen LogP contribution in [0.15, 0.2) is 18.2 Å². The maximum Gasteiger partial charge on any atom is 0.317 e. The molecule has 84 valence electrons. The predicted molar refractivity (Wildman–Crippen MR) is 61.2 cm³/mol. The van der Waals surface area contributed by atoms with Gasteiger partial charge in [0.1, 0.15) is 12.2 Å². The quantitative estimate of drug-likeness (QED) is 0.562. The van der Waals surface area contributed by atoms with Crippen molar-refractivity contribution in [2.75, 3.05) is 14.2 Å². The lowest BCUT2D eigenvalue weighted by atomic mass is 10.1. The Balaban J connectivity index is 2.83. The predicted octanol–water partition coefficient (Wildman–Crippen LogP) is 1.92. The molecule has 0 aliphatic carbocycles. The Labute approximate surface area is 95.4 Å². The van der Waals surface area contributed by atoms with Crippen LogP contribution in [0.2, 0.25) is 0 Å². The SMILES string of the molecule is COC(=O)CC#Cc1cc(OC)ccc1C. The molecule has 0 unspecified atom stereocenters. The third kappa shape index (κ3) is 3.32. The van der Waals surface area contributed by atoms with E-state index >= 15 is 0 Å². The first-order valence-corrected chi connectivity index (χ1v) is 4.87. The molecule has 1 rings (SSSR count). The number of rotatable bonds is 2. The van der Waals surface area contributed by atoms with Crippen LogP contribution in [0.4, 0.5) is 0 Å². The number of benzene rings is 1. The van der Waals surface area contributed by atoms with E-state index in [0.29, 0.717) is 0 Å². The van der Waals surface area contributed by atoms with Crippen molar-refractivity contribution in [3.63, 3.8) is 0 Å². The minimum atomic E-state index is -0.326. The first kappa shape index (κ1) is 12.1. The van der Waals surface area contributed by atoms with E-state index in [0.717, 1.165) is 16.9 Å². The molecule has 0 amide bonds. The van der Waals surface area contributed by atoms with Crippen molar-refractivity contribution in [2.24, 2.45) is 0 Å². The molecule has 1 aromatic rings. The van der Waals surface area contributed by atoms with Gasteiger partial charge in [-0.1, -0.05) is 17.9 Å². The highest BCUT2D eigenvalue weighted by Crippen LogP contribution is 2.15. The second-order valence-electron chi connectivity index (χ2n) is 3.24. The number of esters is 1. The minimum Gasteiger partial charge on any atom is -0.497 e. The van der Waals surface area contributed by atoms with Gasteiger partial charge in [-0.15, -0.1) is 0 Å². The van der Waals surface area contributed by atoms with Crippen LogP contribution in [0.1, 0.15) is 17.5 Å². The van der Waals surface area contributed by atoms with Gasteiger partial charge in [0, 0.05) is 5.56 Å². The Hall–Kier alpha value is -1.95. The highest BCUT2D eigenvalue weighted by molar-refractivity contribution is 5.72. The molecule has 0 aromatic heterocycles. The summed E-state index contributed by atoms with van der Waals surface area (Å²) in [6.07, 6.45) is 0.104. The van der Waals surface area contributed by atoms with E-state index in [2.05, 4.69) is 16.6 Å². The van der Waals surface area contributed by atoms with E-state index in [1.54, 1.807) is 7.11 Å². The molecule has 0 aliphatic heterocycles. The van der Waals surface area contributed by atoms with Crippen LogP contribution in [0.3, 0.4) is 0 Å². The number of hydrogen-bond acceptors (Lipinski definition) is 3. The van der Waals surface area contributed by atoms with E-state index in [4.69, 9.17) is 4.74 Å². The molecular formula is C13H14O3. The van der Waals surface area contributed by atoms with Gasteiger partial charge in [-0.3, -0.25) is 4.79 Å². The van der Waals surface area contributed by atoms with Gasteiger partial charge in [-0.25, -0.2) is 0 Å². The third-order valence-electron chi connectivity index (χ3n) is 2.13. The Morgan fingerprint density at radius 1 is 1.38 bits per heavy atom. The smallest absolute Gasteiger partial charge is 0.317 e. The lowest BCUT2D eigenvalue weighted by Gasteiger charge is -2.02. The number of hydrogen-bond donors (Lipinski definition) is 0. The molecule has 0 radical (unpaired) electrons. The van der Waals surface area contributed by atoms with Crippen LogP contribution in [-0.2, 0) is 9.53 Å². The van der Waals surface area contributed by atoms with Gasteiger partial charge in [-0.2, -0.15) is 0 Å². The molecule has 0 spiro atoms. The molecule has 0 saturated heterocycles. The Morgan fingerprint density at radius 2 is 2.12 bits per heavy atom. The summed E-state index contributed by atoms with van der Waals surface area (Å²) in [6, 6.07) is 5.65. The monoisotopic (exact) mass is 218 g/mol. The van der Waals surface area contributed by atoms with Crippen LogP contribution in [0, 0.1) is 18.8 Å². The normalized spacial score (nSPS) is 8.94. The fourth-order valence-corrected chi connectivity index (χ4v) is 1.15. The maximum atomic E-state index is 10.9. The highest BCUT2D eigenvalue weighted by atomic mass is 16.5. The second kappa shape index (κ2) is 5.82. The van der Waals surface area contributed by atoms with Crippen molar-refractivity contribution < 1.29 is 14.3 Å². The minimum absolute atomic E-state index is 0.104. The third-order valence-corrected chi connectivity index (χ3v) is 2.13. The van der Waals surface area contributed by atoms with E-state index in [9.17, 15) is 4.79 Å². The van der Waals surface area contributed by atoms with Gasteiger partial charge in [-0.05, 0) is 24.6 Å². The van der Waals surface area contributed by atoms with Gasteiger partial charge in [0.2, 0.25) is 0 Å². The van der Waals surface area contributed by atoms with Gasteiger partial charge in [0.15, 0.2) is 0 Å². The van der Waals surface area contributed by atoms with Crippen LogP contribution in [-0.4, -0.2) is 20.2 Å². The first-order chi connectivity index (χ1) is 7.67. The highest BCUT2D eigenvalue weighted by Gasteiger charge is 1.98. The lowest BCUT2D eigenvalue weighted by Crippen LogP contribution is -1.97. The summed E-state index contributed by atoms with van der Waals surface area (Å²) in [4.78, 5) is 10.9. The molecule has 0 N–H and O–H groups in total. The molecule has 0 atom stereocenters. The molecule has 1 aromatic carbocycles. The van der Waals surface area contributed by atoms with Crippen molar-refractivity contribution >= 4 is 5.97 Å². The van der Waals surface area contributed by atoms with E-state index < -0.39 is 0 Å². The average Bonchev–Trinajstić information content (AvgIpc) is 2.31. The van der Waals surface area contributed by atoms with Gasteiger partial charge < -0.3 is 9.47 Å². The Bertz CT molecular complexity index is 438. The average molecular weight is 218 g/mol. The zero-order valence-corrected chi connectivity index (χ0v) is 9.66. The van der Waals surface area contributed by atoms with E-state index in [-0.39, 0.29) is 12.4 Å². The number of aryl methyl sites for hydroxylation is 1. The van der Waals surface area contributed by atoms with Crippen molar-refractivity contribution in [3.05, 3.63) is 29.3 Å². The first-order valence-electron chi connectivity index (χ1n) is 4.87. The molecule has 3 nitrogen and oxygen atoms in total. The molecule has 3 heteroatoms. The van der Waals surface area contributed by atoms with Crippen molar-refractivity contribution in [1.29, 1.82) is 0 Å². The van der Waals surface area contributed by atoms with Gasteiger partial charge in [0.05, 0.1) is 14.2 Å². The summed E-state index contributed by atoms with van der Waals surface area (Å²) in [5, 5.41) is 0. The van der Waals surface area contributed by atoms with Crippen molar-refractivity contribution in [2.45, 2.75) is 13.3 Å². The number of ether oxygens (including phenoxy) is 2. The fraction of sp³-hybridized carbons (Fsp3) is 0.308. The Kier molecular flexibility index (Phi) is 4.41. The topological polar surface area (TPSA) is 35.5 Å². The fourth-order valence-electron chi connectivity index (χ4n) is 1.15. The number of carbonyl (C=O) groups excluding carboxylic acids is 1. The summed E-state index contributed by atoms with van der Waals surface area (Å²) in [7, 11) is 2.96. The van der Waals surface area contributed by atoms with Crippen LogP contribution in [0.25, 0.3) is 0 Å². The molecular weight excluding hydrogens is 204 g/mol. The van der Waals surface area contributed by atoms with Gasteiger partial charge >= 0.3 is 5.97 Å². The Morgan fingerprint density at radius 3 is 2.75 bits per heavy atom. The lowest BCUT2D eigenvalue weighted by molar-refractivity contribution is -0.139. The molecule has 0 heterocycles. The zero-order chi connectivity index (χ0) is 12.0. The summed E-state index contributed by atoms with van der Waals surface area (Å²) >= 11 is 0. The van der Waals surface area contributed by atoms with E-state index in [1.165, 1.54) is 7.11 Å². The van der Waals surface area contributed by atoms with Crippen LogP contribution >= 0.6 is 0 Å². The van der Waals surface area contributed by atoms with Gasteiger partial charge in [0.25, 0.3) is 0 Å². The molecule has 16 heavy (non-hydrogen) atoms. The number of methoxy groups -OCH3 is 2. The summed E-state index contributed by atoms with van der Waals surface area (Å²) < 4.78 is 9.60. The molecule has 0 aliphatic rings. The zero-order valence-electron chi connectivity index (χ0n) is 9.66. The largest absolute Gasteiger partial charge is 0.497 e. The van der Waals surface area contributed by atoms with Crippen LogP contribution < -0.4 is 4.74 Å². The standard InChI is InChI=1S/C13H14O3/c1-10-7-8-12(15-2)9-11(10)5-4-6-13(14)16-3/h7-9H,6H2,1-3H3. The van der Waals surface area contributed by atoms with Crippen molar-refractivity contribution in [1.82, 2.24) is 0 Å². The van der Waals surface area contributed by atoms with Crippen LogP contribution in [0.5, 0.6) is 5.75 Å². The summed E-state index contributed by atoms with van der Waals surface area (Å²) in [5.74, 6) is 6.12. The molecule has 0 saturated carbocycles. The van der Waals surface area contributed by atoms with E-state index in [1.807, 2.05) is 25.1 Å². The number of carbonyl (C=O) groups is 1. The van der Waals surface area contributed by atoms with Crippen molar-refractivity contribution in [3.8, 4) is 17.6 Å². The summed E-state index contributed by atoms with van der Waals surface area (Å²) in [6.45, 7) is 1.96.